The molecule has 5 heteroatoms. The van der Waals surface area contributed by atoms with Crippen LogP contribution in [0.2, 0.25) is 0 Å². The summed E-state index contributed by atoms with van der Waals surface area (Å²) in [5, 5.41) is 9.97. The van der Waals surface area contributed by atoms with Crippen molar-refractivity contribution >= 4 is 11.5 Å². The number of esters is 1. The van der Waals surface area contributed by atoms with E-state index in [9.17, 15) is 14.7 Å². The number of ether oxygens (including phenoxy) is 1. The molecule has 1 N–H and O–H groups in total. The summed E-state index contributed by atoms with van der Waals surface area (Å²) in [4.78, 5) is 25.6. The van der Waals surface area contributed by atoms with Gasteiger partial charge in [0, 0.05) is 36.4 Å². The van der Waals surface area contributed by atoms with Crippen molar-refractivity contribution in [3.63, 3.8) is 0 Å². The summed E-state index contributed by atoms with van der Waals surface area (Å²) < 4.78 is 7.02. The molecule has 5 nitrogen and oxygen atoms in total. The van der Waals surface area contributed by atoms with Gasteiger partial charge in [0.15, 0.2) is 0 Å². The third kappa shape index (κ3) is 4.49. The molecular weight excluding hydrogens is 366 g/mol. The van der Waals surface area contributed by atoms with E-state index in [0.717, 1.165) is 16.7 Å². The number of hydrogen-bond acceptors (Lipinski definition) is 4. The molecule has 0 amide bonds. The van der Waals surface area contributed by atoms with Crippen molar-refractivity contribution in [1.82, 2.24) is 4.57 Å². The number of aryl methyl sites for hydroxylation is 2. The van der Waals surface area contributed by atoms with Crippen molar-refractivity contribution in [2.24, 2.45) is 7.05 Å². The molecule has 1 aromatic carbocycles. The molecule has 0 saturated carbocycles. The minimum Gasteiger partial charge on any atom is -0.457 e. The number of aliphatic hydroxyl groups is 1. The lowest BCUT2D eigenvalue weighted by Gasteiger charge is -2.12. The Morgan fingerprint density at radius 2 is 2.03 bits per heavy atom. The number of benzene rings is 1. The normalized spacial score (nSPS) is 13.0. The van der Waals surface area contributed by atoms with Gasteiger partial charge in [0.2, 0.25) is 0 Å². The van der Waals surface area contributed by atoms with Gasteiger partial charge in [-0.1, -0.05) is 47.2 Å². The Hall–Kier alpha value is -3.10. The molecule has 150 valence electrons. The molecule has 3 rings (SSSR count). The highest BCUT2D eigenvalue weighted by Crippen LogP contribution is 2.34. The smallest absolute Gasteiger partial charge is 0.339 e. The fourth-order valence-corrected chi connectivity index (χ4v) is 3.43. The molecule has 0 fully saturated rings. The van der Waals surface area contributed by atoms with Gasteiger partial charge in [-0.25, -0.2) is 4.79 Å². The number of allylic oxidation sites excluding steroid dienone is 1. The second-order valence-electron chi connectivity index (χ2n) is 8.02. The van der Waals surface area contributed by atoms with Crippen LogP contribution in [0.1, 0.15) is 48.6 Å². The minimum absolute atomic E-state index is 0.155. The Morgan fingerprint density at radius 3 is 2.69 bits per heavy atom. The molecular formula is C24H25NO4. The highest BCUT2D eigenvalue weighted by atomic mass is 16.5. The molecule has 0 saturated heterocycles. The number of hydrogen-bond donors (Lipinski definition) is 1. The van der Waals surface area contributed by atoms with E-state index in [1.807, 2.05) is 38.1 Å². The zero-order valence-corrected chi connectivity index (χ0v) is 17.4. The lowest BCUT2D eigenvalue weighted by Crippen LogP contribution is -2.23. The van der Waals surface area contributed by atoms with Crippen LogP contribution in [0.25, 0.3) is 5.57 Å². The Balaban J connectivity index is 1.99. The average Bonchev–Trinajstić information content (AvgIpc) is 2.98. The first-order chi connectivity index (χ1) is 13.6. The van der Waals surface area contributed by atoms with Crippen molar-refractivity contribution in [3.8, 4) is 11.8 Å². The Labute approximate surface area is 170 Å². The maximum Gasteiger partial charge on any atom is 0.339 e. The van der Waals surface area contributed by atoms with Gasteiger partial charge in [0.25, 0.3) is 5.56 Å². The predicted molar refractivity (Wildman–Crippen MR) is 112 cm³/mol. The number of carbonyl (C=O) groups excluding carboxylic acids is 1. The molecule has 2 aromatic rings. The van der Waals surface area contributed by atoms with Gasteiger partial charge in [0.05, 0.1) is 5.57 Å². The quantitative estimate of drug-likeness (QED) is 0.645. The first-order valence-electron chi connectivity index (χ1n) is 9.47. The van der Waals surface area contributed by atoms with Crippen LogP contribution >= 0.6 is 0 Å². The third-order valence-corrected chi connectivity index (χ3v) is 4.75. The summed E-state index contributed by atoms with van der Waals surface area (Å²) in [6, 6.07) is 7.77. The van der Waals surface area contributed by atoms with Gasteiger partial charge in [-0.05, 0) is 33.3 Å². The van der Waals surface area contributed by atoms with E-state index >= 15 is 0 Å². The third-order valence-electron chi connectivity index (χ3n) is 4.75. The van der Waals surface area contributed by atoms with Crippen LogP contribution in [-0.4, -0.2) is 21.2 Å². The molecule has 29 heavy (non-hydrogen) atoms. The fraction of sp³-hybridized carbons (Fsp3) is 0.333. The average molecular weight is 391 g/mol. The maximum atomic E-state index is 12.9. The lowest BCUT2D eigenvalue weighted by atomic mass is 10.00. The van der Waals surface area contributed by atoms with E-state index < -0.39 is 11.6 Å². The van der Waals surface area contributed by atoms with Crippen molar-refractivity contribution in [1.29, 1.82) is 0 Å². The van der Waals surface area contributed by atoms with Crippen molar-refractivity contribution in [2.75, 3.05) is 0 Å². The number of aromatic nitrogens is 1. The monoisotopic (exact) mass is 391 g/mol. The second kappa shape index (κ2) is 7.73. The summed E-state index contributed by atoms with van der Waals surface area (Å²) in [7, 11) is 1.65. The van der Waals surface area contributed by atoms with Gasteiger partial charge < -0.3 is 14.4 Å². The SMILES string of the molecule is CC1=C(C(=O)OCc2cccc(C)c2)c2c(C#CC(C)(C)O)cn(C)c(=O)c2C1. The molecule has 0 unspecified atom stereocenters. The summed E-state index contributed by atoms with van der Waals surface area (Å²) in [5.41, 5.74) is 3.41. The number of pyridine rings is 1. The Morgan fingerprint density at radius 1 is 1.31 bits per heavy atom. The van der Waals surface area contributed by atoms with Crippen LogP contribution in [-0.2, 0) is 29.6 Å². The lowest BCUT2D eigenvalue weighted by molar-refractivity contribution is -0.137. The first-order valence-corrected chi connectivity index (χ1v) is 9.47. The molecule has 0 spiro atoms. The van der Waals surface area contributed by atoms with Crippen LogP contribution < -0.4 is 5.56 Å². The van der Waals surface area contributed by atoms with E-state index in [0.29, 0.717) is 28.7 Å². The Bertz CT molecular complexity index is 1130. The van der Waals surface area contributed by atoms with Crippen LogP contribution in [0.15, 0.2) is 40.8 Å². The maximum absolute atomic E-state index is 12.9. The van der Waals surface area contributed by atoms with E-state index in [1.165, 1.54) is 4.57 Å². The van der Waals surface area contributed by atoms with E-state index in [2.05, 4.69) is 11.8 Å². The van der Waals surface area contributed by atoms with Crippen molar-refractivity contribution in [3.05, 3.63) is 74.2 Å². The molecule has 0 bridgehead atoms. The topological polar surface area (TPSA) is 68.5 Å². The number of carbonyl (C=O) groups is 1. The standard InChI is InChI=1S/C24H25NO4/c1-15-7-6-8-17(11-15)14-29-23(27)20-16(2)12-19-21(20)18(9-10-24(3,4)28)13-25(5)22(19)26/h6-8,11,13,28H,12,14H2,1-5H3. The Kier molecular flexibility index (Phi) is 5.50. The minimum atomic E-state index is -1.19. The van der Waals surface area contributed by atoms with E-state index in [4.69, 9.17) is 4.74 Å². The summed E-state index contributed by atoms with van der Waals surface area (Å²) >= 11 is 0. The van der Waals surface area contributed by atoms with Gasteiger partial charge in [-0.15, -0.1) is 0 Å². The number of fused-ring (bicyclic) bond motifs is 1. The predicted octanol–water partition coefficient (Wildman–Crippen LogP) is 2.89. The highest BCUT2D eigenvalue weighted by Gasteiger charge is 2.31. The molecule has 1 aliphatic carbocycles. The van der Waals surface area contributed by atoms with Crippen molar-refractivity contribution < 1.29 is 14.6 Å². The molecule has 1 aromatic heterocycles. The molecule has 1 heterocycles. The summed E-state index contributed by atoms with van der Waals surface area (Å²) in [5.74, 6) is 5.24. The second-order valence-corrected chi connectivity index (χ2v) is 8.02. The van der Waals surface area contributed by atoms with Crippen LogP contribution in [0.4, 0.5) is 0 Å². The molecule has 1 aliphatic rings. The van der Waals surface area contributed by atoms with Gasteiger partial charge >= 0.3 is 5.97 Å². The van der Waals surface area contributed by atoms with Crippen molar-refractivity contribution in [2.45, 2.75) is 46.3 Å². The van der Waals surface area contributed by atoms with Crippen LogP contribution in [0.5, 0.6) is 0 Å². The van der Waals surface area contributed by atoms with Gasteiger partial charge in [-0.2, -0.15) is 0 Å². The van der Waals surface area contributed by atoms with Crippen LogP contribution in [0.3, 0.4) is 0 Å². The van der Waals surface area contributed by atoms with E-state index in [-0.39, 0.29) is 12.2 Å². The summed E-state index contributed by atoms with van der Waals surface area (Å²) in [6.45, 7) is 7.13. The highest BCUT2D eigenvalue weighted by molar-refractivity contribution is 6.19. The summed E-state index contributed by atoms with van der Waals surface area (Å²) in [6.07, 6.45) is 1.99. The molecule has 0 atom stereocenters. The van der Waals surface area contributed by atoms with Gasteiger partial charge in [0.1, 0.15) is 12.2 Å². The largest absolute Gasteiger partial charge is 0.457 e. The zero-order valence-electron chi connectivity index (χ0n) is 17.4. The van der Waals surface area contributed by atoms with E-state index in [1.54, 1.807) is 27.1 Å². The first kappa shape index (κ1) is 20.6. The fourth-order valence-electron chi connectivity index (χ4n) is 3.43. The number of nitrogens with zero attached hydrogens (tertiary/aromatic N) is 1. The molecule has 0 aliphatic heterocycles. The molecule has 0 radical (unpaired) electrons. The zero-order chi connectivity index (χ0) is 21.3. The number of rotatable bonds is 3. The van der Waals surface area contributed by atoms with Crippen LogP contribution in [0, 0.1) is 18.8 Å². The van der Waals surface area contributed by atoms with Gasteiger partial charge in [-0.3, -0.25) is 4.79 Å².